The number of benzene rings is 2. The number of hydrogen-bond donors (Lipinski definition) is 5. The van der Waals surface area contributed by atoms with Crippen molar-refractivity contribution in [3.8, 4) is 34.1 Å². The molecule has 0 bridgehead atoms. The fourth-order valence-corrected chi connectivity index (χ4v) is 5.76. The summed E-state index contributed by atoms with van der Waals surface area (Å²) < 4.78 is 17.4. The predicted octanol–water partition coefficient (Wildman–Crippen LogP) is 1.33. The van der Waals surface area contributed by atoms with Gasteiger partial charge in [0.1, 0.15) is 24.1 Å². The SMILES string of the molecule is COc1cc(-c2nc(-c3ccc(N(C)C)cc3)c(C)[nH]2)ccc1O[C@@H]1O[C@H](C(O)C(C)=O)[C@](O)(C(C)=O)[C@@](O)(C(C)=O)[C@@H]1NC(C)=O. The summed E-state index contributed by atoms with van der Waals surface area (Å²) in [6.45, 7) is 5.68. The molecule has 1 aliphatic heterocycles. The van der Waals surface area contributed by atoms with Gasteiger partial charge in [-0.05, 0) is 58.0 Å². The first kappa shape index (κ1) is 35.2. The largest absolute Gasteiger partial charge is 0.493 e. The molecule has 4 rings (SSSR count). The van der Waals surface area contributed by atoms with Gasteiger partial charge in [-0.3, -0.25) is 19.2 Å². The highest BCUT2D eigenvalue weighted by Crippen LogP contribution is 2.43. The van der Waals surface area contributed by atoms with Crippen molar-refractivity contribution in [2.45, 2.75) is 70.4 Å². The molecule has 1 unspecified atom stereocenters. The number of aliphatic hydroxyl groups excluding tert-OH is 1. The lowest BCUT2D eigenvalue weighted by Crippen LogP contribution is -2.84. The monoisotopic (exact) mass is 652 g/mol. The Morgan fingerprint density at radius 3 is 2.06 bits per heavy atom. The molecule has 1 aliphatic rings. The van der Waals surface area contributed by atoms with Crippen LogP contribution in [0.15, 0.2) is 42.5 Å². The maximum Gasteiger partial charge on any atom is 0.224 e. The van der Waals surface area contributed by atoms with Gasteiger partial charge < -0.3 is 44.7 Å². The summed E-state index contributed by atoms with van der Waals surface area (Å²) >= 11 is 0. The number of rotatable bonds is 11. The van der Waals surface area contributed by atoms with Crippen LogP contribution in [0.1, 0.15) is 33.4 Å². The molecule has 0 spiro atoms. The van der Waals surface area contributed by atoms with Crippen LogP contribution in [0.2, 0.25) is 0 Å². The Hall–Kier alpha value is -4.63. The molecule has 1 saturated heterocycles. The molecule has 3 aromatic rings. The van der Waals surface area contributed by atoms with E-state index < -0.39 is 59.0 Å². The maximum atomic E-state index is 13.0. The summed E-state index contributed by atoms with van der Waals surface area (Å²) in [5.41, 5.74) is -2.14. The number of H-pyrrole nitrogens is 1. The average Bonchev–Trinajstić information content (AvgIpc) is 3.41. The van der Waals surface area contributed by atoms with Crippen LogP contribution in [-0.4, -0.2) is 105 Å². The highest BCUT2D eigenvalue weighted by Gasteiger charge is 2.72. The van der Waals surface area contributed by atoms with Gasteiger partial charge in [0, 0.05) is 43.5 Å². The summed E-state index contributed by atoms with van der Waals surface area (Å²) in [6, 6.07) is 10.8. The number of ether oxygens (including phenoxy) is 3. The van der Waals surface area contributed by atoms with Gasteiger partial charge in [0.15, 0.2) is 40.1 Å². The number of anilines is 1. The molecule has 47 heavy (non-hydrogen) atoms. The molecule has 2 heterocycles. The number of aryl methyl sites for hydroxylation is 1. The first-order valence-corrected chi connectivity index (χ1v) is 14.7. The number of Topliss-reactive ketones (excluding diaryl/α,β-unsaturated/α-hetero) is 3. The minimum atomic E-state index is -3.16. The first-order valence-electron chi connectivity index (χ1n) is 14.7. The van der Waals surface area contributed by atoms with Crippen molar-refractivity contribution in [3.05, 3.63) is 48.2 Å². The highest BCUT2D eigenvalue weighted by atomic mass is 16.7. The summed E-state index contributed by atoms with van der Waals surface area (Å²) in [5.74, 6) is -3.40. The number of ketones is 3. The van der Waals surface area contributed by atoms with E-state index in [-0.39, 0.29) is 11.5 Å². The molecule has 14 heteroatoms. The number of nitrogens with zero attached hydrogens (tertiary/aromatic N) is 2. The van der Waals surface area contributed by atoms with Crippen LogP contribution in [0.4, 0.5) is 5.69 Å². The summed E-state index contributed by atoms with van der Waals surface area (Å²) in [7, 11) is 5.28. The second-order valence-corrected chi connectivity index (χ2v) is 11.8. The Labute approximate surface area is 271 Å². The van der Waals surface area contributed by atoms with Crippen molar-refractivity contribution < 1.29 is 48.7 Å². The Balaban J connectivity index is 1.76. The number of imidazole rings is 1. The van der Waals surface area contributed by atoms with Gasteiger partial charge in [0.25, 0.3) is 0 Å². The van der Waals surface area contributed by atoms with Crippen molar-refractivity contribution in [2.75, 3.05) is 26.1 Å². The van der Waals surface area contributed by atoms with E-state index in [1.807, 2.05) is 50.2 Å². The molecule has 6 atom stereocenters. The van der Waals surface area contributed by atoms with E-state index in [1.165, 1.54) is 13.2 Å². The maximum absolute atomic E-state index is 13.0. The van der Waals surface area contributed by atoms with Crippen molar-refractivity contribution in [1.29, 1.82) is 0 Å². The number of carbonyl (C=O) groups excluding carboxylic acids is 4. The molecular formula is C33H40N4O10. The average molecular weight is 653 g/mol. The molecule has 0 aliphatic carbocycles. The molecule has 1 aromatic heterocycles. The van der Waals surface area contributed by atoms with E-state index in [2.05, 4.69) is 10.3 Å². The zero-order valence-corrected chi connectivity index (χ0v) is 27.4. The smallest absolute Gasteiger partial charge is 0.224 e. The molecule has 5 N–H and O–H groups in total. The van der Waals surface area contributed by atoms with Crippen LogP contribution in [-0.2, 0) is 23.9 Å². The van der Waals surface area contributed by atoms with E-state index in [0.29, 0.717) is 11.4 Å². The quantitative estimate of drug-likeness (QED) is 0.199. The highest BCUT2D eigenvalue weighted by molar-refractivity contribution is 6.00. The van der Waals surface area contributed by atoms with Crippen molar-refractivity contribution in [1.82, 2.24) is 15.3 Å². The molecule has 1 fully saturated rings. The van der Waals surface area contributed by atoms with E-state index >= 15 is 0 Å². The number of nitrogens with one attached hydrogen (secondary N) is 2. The number of methoxy groups -OCH3 is 1. The first-order chi connectivity index (χ1) is 22.0. The molecule has 0 radical (unpaired) electrons. The number of aromatic amines is 1. The lowest BCUT2D eigenvalue weighted by atomic mass is 9.66. The third-order valence-corrected chi connectivity index (χ3v) is 8.35. The fourth-order valence-electron chi connectivity index (χ4n) is 5.76. The summed E-state index contributed by atoms with van der Waals surface area (Å²) in [6.07, 6.45) is -6.16. The molecule has 0 saturated carbocycles. The van der Waals surface area contributed by atoms with Gasteiger partial charge in [-0.15, -0.1) is 0 Å². The van der Waals surface area contributed by atoms with E-state index in [9.17, 15) is 34.5 Å². The Morgan fingerprint density at radius 1 is 0.957 bits per heavy atom. The van der Waals surface area contributed by atoms with Crippen LogP contribution in [0.25, 0.3) is 22.6 Å². The van der Waals surface area contributed by atoms with Crippen molar-refractivity contribution >= 4 is 28.9 Å². The predicted molar refractivity (Wildman–Crippen MR) is 170 cm³/mol. The number of amides is 1. The van der Waals surface area contributed by atoms with Crippen molar-refractivity contribution in [2.24, 2.45) is 0 Å². The minimum absolute atomic E-state index is 0.00499. The van der Waals surface area contributed by atoms with Crippen LogP contribution < -0.4 is 19.7 Å². The molecule has 1 amide bonds. The lowest BCUT2D eigenvalue weighted by Gasteiger charge is -2.54. The Morgan fingerprint density at radius 2 is 1.55 bits per heavy atom. The topological polar surface area (TPSA) is 201 Å². The third-order valence-electron chi connectivity index (χ3n) is 8.35. The standard InChI is InChI=1S/C33H40N4O10/c1-16-26(21-9-12-23(13-10-21)37(6)7)36-30(34-16)22-11-14-24(25(15-22)45-8)46-31-28(35-20(5)41)32(43,18(3)39)33(44,19(4)40)29(47-31)27(42)17(2)38/h9-15,27-29,31,42-44H,1-8H3,(H,34,36)(H,35,41)/t27?,28-,29-,31-,32-,33-/m1/s1. The van der Waals surface area contributed by atoms with Gasteiger partial charge in [0.05, 0.1) is 12.8 Å². The number of aliphatic hydroxyl groups is 3. The summed E-state index contributed by atoms with van der Waals surface area (Å²) in [5, 5.41) is 36.5. The third kappa shape index (κ3) is 6.24. The number of carbonyl (C=O) groups is 4. The molecular weight excluding hydrogens is 612 g/mol. The van der Waals surface area contributed by atoms with Crippen LogP contribution in [0, 0.1) is 6.92 Å². The Kier molecular flexibility index (Phi) is 9.92. The van der Waals surface area contributed by atoms with E-state index in [0.717, 1.165) is 50.3 Å². The van der Waals surface area contributed by atoms with Crippen LogP contribution in [0.5, 0.6) is 11.5 Å². The van der Waals surface area contributed by atoms with Crippen LogP contribution in [0.3, 0.4) is 0 Å². The second kappa shape index (κ2) is 13.2. The molecule has 2 aromatic carbocycles. The minimum Gasteiger partial charge on any atom is -0.493 e. The van der Waals surface area contributed by atoms with Crippen molar-refractivity contribution in [3.63, 3.8) is 0 Å². The van der Waals surface area contributed by atoms with Gasteiger partial charge in [-0.2, -0.15) is 0 Å². The second-order valence-electron chi connectivity index (χ2n) is 11.8. The normalized spacial score (nSPS) is 24.6. The van der Waals surface area contributed by atoms with Gasteiger partial charge in [-0.25, -0.2) is 4.98 Å². The van der Waals surface area contributed by atoms with Gasteiger partial charge in [0.2, 0.25) is 12.2 Å². The lowest BCUT2D eigenvalue weighted by molar-refractivity contribution is -0.307. The zero-order valence-electron chi connectivity index (χ0n) is 27.4. The molecule has 14 nitrogen and oxygen atoms in total. The van der Waals surface area contributed by atoms with Crippen LogP contribution >= 0.6 is 0 Å². The fraction of sp³-hybridized carbons (Fsp3) is 0.424. The zero-order chi connectivity index (χ0) is 35.0. The Bertz CT molecular complexity index is 1690. The van der Waals surface area contributed by atoms with E-state index in [1.54, 1.807) is 12.1 Å². The van der Waals surface area contributed by atoms with Gasteiger partial charge >= 0.3 is 0 Å². The summed E-state index contributed by atoms with van der Waals surface area (Å²) in [4.78, 5) is 60.4. The van der Waals surface area contributed by atoms with Gasteiger partial charge in [-0.1, -0.05) is 12.1 Å². The number of aromatic nitrogens is 2. The van der Waals surface area contributed by atoms with E-state index in [4.69, 9.17) is 19.2 Å². The number of hydrogen-bond acceptors (Lipinski definition) is 12. The molecule has 252 valence electrons.